The predicted octanol–water partition coefficient (Wildman–Crippen LogP) is 5.44. The Hall–Kier alpha value is -2.66. The number of hydrogen-bond acceptors (Lipinski definition) is 7. The van der Waals surface area contributed by atoms with E-state index >= 15 is 0 Å². The average Bonchev–Trinajstić information content (AvgIpc) is 3.35. The summed E-state index contributed by atoms with van der Waals surface area (Å²) in [5.74, 6) is 1.29. The number of alkyl halides is 3. The van der Waals surface area contributed by atoms with E-state index in [4.69, 9.17) is 9.47 Å². The number of thiazole rings is 1. The van der Waals surface area contributed by atoms with Crippen molar-refractivity contribution in [2.75, 3.05) is 13.0 Å². The van der Waals surface area contributed by atoms with Gasteiger partial charge in [-0.3, -0.25) is 4.98 Å². The molecule has 30 heavy (non-hydrogen) atoms. The van der Waals surface area contributed by atoms with E-state index in [0.29, 0.717) is 27.9 Å². The van der Waals surface area contributed by atoms with Gasteiger partial charge in [-0.25, -0.2) is 9.19 Å². The Labute approximate surface area is 174 Å². The molecular formula is C19H16F3N3O3S2. The van der Waals surface area contributed by atoms with E-state index in [1.165, 1.54) is 23.7 Å². The zero-order chi connectivity index (χ0) is 21.5. The zero-order valence-electron chi connectivity index (χ0n) is 15.8. The van der Waals surface area contributed by atoms with Crippen LogP contribution in [0.4, 0.5) is 18.3 Å². The fourth-order valence-electron chi connectivity index (χ4n) is 2.79. The highest BCUT2D eigenvalue weighted by molar-refractivity contribution is 7.93. The van der Waals surface area contributed by atoms with Crippen molar-refractivity contribution in [1.82, 2.24) is 9.97 Å². The molecule has 1 aromatic carbocycles. The quantitative estimate of drug-likeness (QED) is 0.524. The maximum absolute atomic E-state index is 13.2. The van der Waals surface area contributed by atoms with Gasteiger partial charge in [0, 0.05) is 23.4 Å². The first-order chi connectivity index (χ1) is 14.1. The minimum Gasteiger partial charge on any atom is -0.454 e. The first-order valence-corrected chi connectivity index (χ1v) is 11.6. The average molecular weight is 455 g/mol. The second-order valence-corrected chi connectivity index (χ2v) is 10.1. The van der Waals surface area contributed by atoms with Gasteiger partial charge in [-0.2, -0.15) is 17.5 Å². The lowest BCUT2D eigenvalue weighted by Crippen LogP contribution is -2.11. The van der Waals surface area contributed by atoms with Crippen LogP contribution in [0, 0.1) is 0 Å². The Kier molecular flexibility index (Phi) is 5.18. The number of nitrogens with zero attached hydrogens (tertiary/aromatic N) is 3. The summed E-state index contributed by atoms with van der Waals surface area (Å²) in [6.07, 6.45) is -1.98. The summed E-state index contributed by atoms with van der Waals surface area (Å²) in [5, 5.41) is 1.48. The summed E-state index contributed by atoms with van der Waals surface area (Å²) in [7, 11) is -2.84. The van der Waals surface area contributed by atoms with Crippen molar-refractivity contribution in [3.8, 4) is 22.8 Å². The van der Waals surface area contributed by atoms with Gasteiger partial charge in [0.15, 0.2) is 11.5 Å². The Bertz CT molecular complexity index is 1200. The first-order valence-electron chi connectivity index (χ1n) is 8.73. The van der Waals surface area contributed by atoms with Crippen molar-refractivity contribution >= 4 is 26.2 Å². The second kappa shape index (κ2) is 7.55. The van der Waals surface area contributed by atoms with Gasteiger partial charge in [-0.1, -0.05) is 6.07 Å². The van der Waals surface area contributed by atoms with Crippen molar-refractivity contribution in [2.24, 2.45) is 4.36 Å². The smallest absolute Gasteiger partial charge is 0.433 e. The maximum Gasteiger partial charge on any atom is 0.433 e. The van der Waals surface area contributed by atoms with Crippen LogP contribution in [0.1, 0.15) is 23.4 Å². The molecule has 11 heteroatoms. The summed E-state index contributed by atoms with van der Waals surface area (Å²) in [4.78, 5) is 7.86. The van der Waals surface area contributed by atoms with Crippen LogP contribution in [0.5, 0.6) is 11.5 Å². The molecule has 0 bridgehead atoms. The standard InChI is InChI=1S/C19H16F3N3O3S2/c1-11(13-4-6-17(23-8-13)19(20,21)22)30(2,26)25-18-24-14(9-29-18)12-3-5-15-16(7-12)28-10-27-15/h3-9,11H,10H2,1-2H3. The summed E-state index contributed by atoms with van der Waals surface area (Å²) in [6, 6.07) is 7.59. The molecule has 4 rings (SSSR count). The van der Waals surface area contributed by atoms with Crippen LogP contribution in [0.15, 0.2) is 46.3 Å². The molecule has 158 valence electrons. The topological polar surface area (TPSA) is 73.7 Å². The van der Waals surface area contributed by atoms with Crippen molar-refractivity contribution in [3.05, 3.63) is 53.2 Å². The minimum absolute atomic E-state index is 0.172. The maximum atomic E-state index is 13.2. The van der Waals surface area contributed by atoms with E-state index in [1.54, 1.807) is 24.4 Å². The third kappa shape index (κ3) is 4.12. The first kappa shape index (κ1) is 20.6. The van der Waals surface area contributed by atoms with Crippen LogP contribution < -0.4 is 9.47 Å². The normalized spacial score (nSPS) is 16.2. The molecular weight excluding hydrogens is 439 g/mol. The molecule has 2 atom stereocenters. The van der Waals surface area contributed by atoms with Gasteiger partial charge in [0.05, 0.1) is 20.7 Å². The van der Waals surface area contributed by atoms with E-state index in [1.807, 2.05) is 6.07 Å². The molecule has 3 aromatic rings. The highest BCUT2D eigenvalue weighted by Crippen LogP contribution is 2.37. The Balaban J connectivity index is 1.58. The Morgan fingerprint density at radius 2 is 1.97 bits per heavy atom. The van der Waals surface area contributed by atoms with Gasteiger partial charge >= 0.3 is 6.18 Å². The minimum atomic E-state index is -4.52. The van der Waals surface area contributed by atoms with Gasteiger partial charge in [-0.05, 0) is 36.8 Å². The predicted molar refractivity (Wildman–Crippen MR) is 107 cm³/mol. The fourth-order valence-corrected chi connectivity index (χ4v) is 5.12. The molecule has 0 fully saturated rings. The molecule has 0 aliphatic carbocycles. The summed E-state index contributed by atoms with van der Waals surface area (Å²) >= 11 is 1.23. The molecule has 0 N–H and O–H groups in total. The van der Waals surface area contributed by atoms with Gasteiger partial charge in [-0.15, -0.1) is 11.3 Å². The Morgan fingerprint density at radius 3 is 2.67 bits per heavy atom. The number of hydrogen-bond donors (Lipinski definition) is 0. The molecule has 1 aliphatic heterocycles. The third-order valence-corrected chi connectivity index (χ3v) is 7.59. The molecule has 6 nitrogen and oxygen atoms in total. The number of pyridine rings is 1. The molecule has 0 saturated carbocycles. The molecule has 2 unspecified atom stereocenters. The van der Waals surface area contributed by atoms with Gasteiger partial charge in [0.2, 0.25) is 11.9 Å². The highest BCUT2D eigenvalue weighted by Gasteiger charge is 2.32. The van der Waals surface area contributed by atoms with Crippen LogP contribution in [0.2, 0.25) is 0 Å². The monoisotopic (exact) mass is 455 g/mol. The second-order valence-electron chi connectivity index (χ2n) is 6.65. The van der Waals surface area contributed by atoms with Crippen LogP contribution in [0.3, 0.4) is 0 Å². The van der Waals surface area contributed by atoms with Gasteiger partial charge in [0.1, 0.15) is 5.69 Å². The lowest BCUT2D eigenvalue weighted by atomic mass is 10.1. The lowest BCUT2D eigenvalue weighted by molar-refractivity contribution is -0.141. The zero-order valence-corrected chi connectivity index (χ0v) is 17.5. The summed E-state index contributed by atoms with van der Waals surface area (Å²) < 4.78 is 66.2. The van der Waals surface area contributed by atoms with Crippen LogP contribution in [-0.4, -0.2) is 27.2 Å². The van der Waals surface area contributed by atoms with Crippen molar-refractivity contribution in [1.29, 1.82) is 0 Å². The van der Waals surface area contributed by atoms with E-state index in [0.717, 1.165) is 17.8 Å². The van der Waals surface area contributed by atoms with Crippen molar-refractivity contribution in [3.63, 3.8) is 0 Å². The highest BCUT2D eigenvalue weighted by atomic mass is 32.2. The molecule has 0 saturated heterocycles. The van der Waals surface area contributed by atoms with Crippen LogP contribution >= 0.6 is 11.3 Å². The molecule has 0 amide bonds. The number of benzene rings is 1. The SMILES string of the molecule is CC(c1ccc(C(F)(F)F)nc1)S(C)(=O)=Nc1nc(-c2ccc3c(c2)OCO3)cs1. The molecule has 2 aromatic heterocycles. The summed E-state index contributed by atoms with van der Waals surface area (Å²) in [6.45, 7) is 1.81. The Morgan fingerprint density at radius 1 is 1.20 bits per heavy atom. The lowest BCUT2D eigenvalue weighted by Gasteiger charge is -2.14. The summed E-state index contributed by atoms with van der Waals surface area (Å²) in [5.41, 5.74) is 0.869. The molecule has 3 heterocycles. The van der Waals surface area contributed by atoms with E-state index in [9.17, 15) is 17.4 Å². The third-order valence-electron chi connectivity index (χ3n) is 4.62. The molecule has 1 aliphatic rings. The number of halogens is 3. The molecule has 0 radical (unpaired) electrons. The van der Waals surface area contributed by atoms with Crippen molar-refractivity contribution < 1.29 is 26.9 Å². The number of fused-ring (bicyclic) bond motifs is 1. The molecule has 0 spiro atoms. The number of ether oxygens (including phenoxy) is 2. The van der Waals surface area contributed by atoms with Gasteiger partial charge in [0.25, 0.3) is 0 Å². The number of rotatable bonds is 4. The fraction of sp³-hybridized carbons (Fsp3) is 0.263. The van der Waals surface area contributed by atoms with E-state index < -0.39 is 26.8 Å². The van der Waals surface area contributed by atoms with E-state index in [2.05, 4.69) is 14.3 Å². The van der Waals surface area contributed by atoms with Crippen molar-refractivity contribution in [2.45, 2.75) is 18.3 Å². The number of aromatic nitrogens is 2. The van der Waals surface area contributed by atoms with Crippen LogP contribution in [-0.2, 0) is 15.9 Å². The largest absolute Gasteiger partial charge is 0.454 e. The van der Waals surface area contributed by atoms with Crippen LogP contribution in [0.25, 0.3) is 11.3 Å². The van der Waals surface area contributed by atoms with Gasteiger partial charge < -0.3 is 9.47 Å². The van der Waals surface area contributed by atoms with E-state index in [-0.39, 0.29) is 6.79 Å².